The number of nitrogens with zero attached hydrogens (tertiary/aromatic N) is 2. The van der Waals surface area contributed by atoms with Crippen molar-refractivity contribution in [2.45, 2.75) is 26.9 Å². The topological polar surface area (TPSA) is 47.0 Å². The Morgan fingerprint density at radius 1 is 1.20 bits per heavy atom. The molecule has 0 fully saturated rings. The van der Waals surface area contributed by atoms with E-state index < -0.39 is 0 Å². The standard InChI is InChI=1S/C15H18BrN3O/c1-3-8-17-14-11(2)15(19-10-18-14)20-9-12-4-6-13(16)7-5-12/h4-7,10H,3,8-9H2,1-2H3,(H,17,18,19). The maximum atomic E-state index is 5.78. The molecule has 0 bridgehead atoms. The van der Waals surface area contributed by atoms with E-state index in [4.69, 9.17) is 4.74 Å². The summed E-state index contributed by atoms with van der Waals surface area (Å²) < 4.78 is 6.84. The first kappa shape index (κ1) is 14.8. The molecular formula is C15H18BrN3O. The average molecular weight is 336 g/mol. The van der Waals surface area contributed by atoms with Crippen molar-refractivity contribution < 1.29 is 4.74 Å². The first-order chi connectivity index (χ1) is 9.70. The second-order valence-corrected chi connectivity index (χ2v) is 5.41. The molecule has 1 aromatic carbocycles. The molecule has 0 aliphatic heterocycles. The molecule has 0 radical (unpaired) electrons. The molecular weight excluding hydrogens is 318 g/mol. The summed E-state index contributed by atoms with van der Waals surface area (Å²) in [4.78, 5) is 8.43. The lowest BCUT2D eigenvalue weighted by molar-refractivity contribution is 0.291. The van der Waals surface area contributed by atoms with Crippen molar-refractivity contribution >= 4 is 21.7 Å². The Morgan fingerprint density at radius 3 is 2.65 bits per heavy atom. The van der Waals surface area contributed by atoms with E-state index in [0.717, 1.165) is 34.4 Å². The summed E-state index contributed by atoms with van der Waals surface area (Å²) in [5.41, 5.74) is 2.05. The number of ether oxygens (including phenoxy) is 1. The lowest BCUT2D eigenvalue weighted by atomic mass is 10.2. The Labute approximate surface area is 127 Å². The molecule has 4 nitrogen and oxygen atoms in total. The van der Waals surface area contributed by atoms with Gasteiger partial charge in [-0.3, -0.25) is 0 Å². The molecule has 1 aromatic heterocycles. The van der Waals surface area contributed by atoms with E-state index in [9.17, 15) is 0 Å². The Kier molecular flexibility index (Phi) is 5.35. The van der Waals surface area contributed by atoms with Gasteiger partial charge in [-0.2, -0.15) is 0 Å². The number of rotatable bonds is 6. The summed E-state index contributed by atoms with van der Waals surface area (Å²) in [6.07, 6.45) is 2.58. The molecule has 0 aliphatic carbocycles. The molecule has 0 spiro atoms. The van der Waals surface area contributed by atoms with E-state index in [1.807, 2.05) is 31.2 Å². The van der Waals surface area contributed by atoms with E-state index in [1.54, 1.807) is 0 Å². The molecule has 106 valence electrons. The zero-order valence-electron chi connectivity index (χ0n) is 11.7. The maximum absolute atomic E-state index is 5.78. The van der Waals surface area contributed by atoms with Gasteiger partial charge in [0.05, 0.1) is 5.56 Å². The van der Waals surface area contributed by atoms with Crippen LogP contribution < -0.4 is 10.1 Å². The lowest BCUT2D eigenvalue weighted by Crippen LogP contribution is -2.07. The highest BCUT2D eigenvalue weighted by Gasteiger charge is 2.07. The molecule has 0 aliphatic rings. The normalized spacial score (nSPS) is 10.3. The smallest absolute Gasteiger partial charge is 0.221 e. The third kappa shape index (κ3) is 3.93. The number of aromatic nitrogens is 2. The number of anilines is 1. The Morgan fingerprint density at radius 2 is 1.95 bits per heavy atom. The van der Waals surface area contributed by atoms with Crippen molar-refractivity contribution in [2.24, 2.45) is 0 Å². The molecule has 0 amide bonds. The second kappa shape index (κ2) is 7.24. The predicted octanol–water partition coefficient (Wildman–Crippen LogP) is 3.95. The number of hydrogen-bond donors (Lipinski definition) is 1. The van der Waals surface area contributed by atoms with Crippen LogP contribution in [0.25, 0.3) is 0 Å². The minimum atomic E-state index is 0.498. The molecule has 0 saturated heterocycles. The second-order valence-electron chi connectivity index (χ2n) is 4.49. The van der Waals surface area contributed by atoms with Crippen LogP contribution in [0.4, 0.5) is 5.82 Å². The minimum Gasteiger partial charge on any atom is -0.472 e. The van der Waals surface area contributed by atoms with E-state index >= 15 is 0 Å². The fourth-order valence-corrected chi connectivity index (χ4v) is 2.00. The number of nitrogens with one attached hydrogen (secondary N) is 1. The van der Waals surface area contributed by atoms with E-state index in [-0.39, 0.29) is 0 Å². The van der Waals surface area contributed by atoms with Gasteiger partial charge in [-0.25, -0.2) is 9.97 Å². The molecule has 2 rings (SSSR count). The predicted molar refractivity (Wildman–Crippen MR) is 84.0 cm³/mol. The largest absolute Gasteiger partial charge is 0.472 e. The van der Waals surface area contributed by atoms with Gasteiger partial charge in [0.1, 0.15) is 18.8 Å². The van der Waals surface area contributed by atoms with Gasteiger partial charge in [-0.15, -0.1) is 0 Å². The molecule has 20 heavy (non-hydrogen) atoms. The summed E-state index contributed by atoms with van der Waals surface area (Å²) >= 11 is 3.42. The summed E-state index contributed by atoms with van der Waals surface area (Å²) in [6, 6.07) is 8.05. The van der Waals surface area contributed by atoms with E-state index in [2.05, 4.69) is 38.1 Å². The molecule has 0 saturated carbocycles. The van der Waals surface area contributed by atoms with Crippen LogP contribution in [-0.2, 0) is 6.61 Å². The summed E-state index contributed by atoms with van der Waals surface area (Å²) in [7, 11) is 0. The highest BCUT2D eigenvalue weighted by Crippen LogP contribution is 2.21. The highest BCUT2D eigenvalue weighted by molar-refractivity contribution is 9.10. The van der Waals surface area contributed by atoms with Gasteiger partial charge >= 0.3 is 0 Å². The average Bonchev–Trinajstić information content (AvgIpc) is 2.47. The van der Waals surface area contributed by atoms with Crippen LogP contribution in [0.5, 0.6) is 5.88 Å². The van der Waals surface area contributed by atoms with Crippen LogP contribution >= 0.6 is 15.9 Å². The molecule has 1 heterocycles. The molecule has 0 unspecified atom stereocenters. The van der Waals surface area contributed by atoms with Gasteiger partial charge in [0.2, 0.25) is 5.88 Å². The lowest BCUT2D eigenvalue weighted by Gasteiger charge is -2.11. The van der Waals surface area contributed by atoms with Crippen LogP contribution in [0.1, 0.15) is 24.5 Å². The quantitative estimate of drug-likeness (QED) is 0.868. The monoisotopic (exact) mass is 335 g/mol. The fourth-order valence-electron chi connectivity index (χ4n) is 1.73. The van der Waals surface area contributed by atoms with Crippen LogP contribution in [0.3, 0.4) is 0 Å². The minimum absolute atomic E-state index is 0.498. The highest BCUT2D eigenvalue weighted by atomic mass is 79.9. The third-order valence-corrected chi connectivity index (χ3v) is 3.40. The zero-order chi connectivity index (χ0) is 14.4. The number of halogens is 1. The zero-order valence-corrected chi connectivity index (χ0v) is 13.3. The third-order valence-electron chi connectivity index (χ3n) is 2.87. The first-order valence-electron chi connectivity index (χ1n) is 6.63. The maximum Gasteiger partial charge on any atom is 0.221 e. The first-order valence-corrected chi connectivity index (χ1v) is 7.42. The van der Waals surface area contributed by atoms with Gasteiger partial charge < -0.3 is 10.1 Å². The van der Waals surface area contributed by atoms with Gasteiger partial charge in [-0.1, -0.05) is 35.0 Å². The van der Waals surface area contributed by atoms with Crippen LogP contribution in [0, 0.1) is 6.92 Å². The van der Waals surface area contributed by atoms with Crippen molar-refractivity contribution in [1.29, 1.82) is 0 Å². The van der Waals surface area contributed by atoms with Crippen molar-refractivity contribution in [3.63, 3.8) is 0 Å². The molecule has 5 heteroatoms. The van der Waals surface area contributed by atoms with Gasteiger partial charge in [-0.05, 0) is 31.0 Å². The summed E-state index contributed by atoms with van der Waals surface area (Å²) in [5.74, 6) is 1.47. The van der Waals surface area contributed by atoms with E-state index in [0.29, 0.717) is 12.5 Å². The Hall–Kier alpha value is -1.62. The van der Waals surface area contributed by atoms with Crippen molar-refractivity contribution in [2.75, 3.05) is 11.9 Å². The van der Waals surface area contributed by atoms with Crippen LogP contribution in [0.15, 0.2) is 35.1 Å². The van der Waals surface area contributed by atoms with Crippen LogP contribution in [-0.4, -0.2) is 16.5 Å². The molecule has 1 N–H and O–H groups in total. The van der Waals surface area contributed by atoms with Gasteiger partial charge in [0, 0.05) is 11.0 Å². The molecule has 2 aromatic rings. The fraction of sp³-hybridized carbons (Fsp3) is 0.333. The summed E-state index contributed by atoms with van der Waals surface area (Å²) in [6.45, 7) is 5.48. The van der Waals surface area contributed by atoms with Crippen molar-refractivity contribution in [1.82, 2.24) is 9.97 Å². The Bertz CT molecular complexity index is 558. The number of hydrogen-bond acceptors (Lipinski definition) is 4. The Balaban J connectivity index is 2.03. The summed E-state index contributed by atoms with van der Waals surface area (Å²) in [5, 5.41) is 3.27. The SMILES string of the molecule is CCCNc1ncnc(OCc2ccc(Br)cc2)c1C. The van der Waals surface area contributed by atoms with Gasteiger partial charge in [0.25, 0.3) is 0 Å². The van der Waals surface area contributed by atoms with Crippen LogP contribution in [0.2, 0.25) is 0 Å². The van der Waals surface area contributed by atoms with Crippen molar-refractivity contribution in [3.8, 4) is 5.88 Å². The van der Waals surface area contributed by atoms with Crippen molar-refractivity contribution in [3.05, 3.63) is 46.2 Å². The van der Waals surface area contributed by atoms with Gasteiger partial charge in [0.15, 0.2) is 0 Å². The van der Waals surface area contributed by atoms with E-state index in [1.165, 1.54) is 6.33 Å². The number of benzene rings is 1. The molecule has 0 atom stereocenters.